The third-order valence-corrected chi connectivity index (χ3v) is 10.9. The fourth-order valence-corrected chi connectivity index (χ4v) is 8.64. The van der Waals surface area contributed by atoms with E-state index in [2.05, 4.69) is 5.32 Å². The Morgan fingerprint density at radius 1 is 0.977 bits per heavy atom. The minimum absolute atomic E-state index is 0.0776. The van der Waals surface area contributed by atoms with Crippen molar-refractivity contribution in [3.8, 4) is 5.75 Å². The van der Waals surface area contributed by atoms with Crippen LogP contribution in [-0.4, -0.2) is 41.1 Å². The lowest BCUT2D eigenvalue weighted by Gasteiger charge is -2.31. The average Bonchev–Trinajstić information content (AvgIpc) is 3.40. The van der Waals surface area contributed by atoms with Crippen LogP contribution in [0.3, 0.4) is 0 Å². The van der Waals surface area contributed by atoms with Crippen LogP contribution in [0.1, 0.15) is 21.9 Å². The first-order valence-electron chi connectivity index (χ1n) is 13.0. The molecule has 0 unspecified atom stereocenters. The van der Waals surface area contributed by atoms with Gasteiger partial charge in [0.15, 0.2) is 0 Å². The molecule has 2 aliphatic heterocycles. The van der Waals surface area contributed by atoms with Crippen molar-refractivity contribution < 1.29 is 27.9 Å². The quantitative estimate of drug-likeness (QED) is 0.271. The third kappa shape index (κ3) is 5.16. The Morgan fingerprint density at radius 3 is 2.30 bits per heavy atom. The molecule has 0 saturated carbocycles. The minimum Gasteiger partial charge on any atom is -0.508 e. The number of nitrogens with zero attached hydrogens (tertiary/aromatic N) is 2. The highest BCUT2D eigenvalue weighted by Crippen LogP contribution is 2.55. The van der Waals surface area contributed by atoms with E-state index < -0.39 is 56.2 Å². The molecule has 1 saturated heterocycles. The number of para-hydroxylation sites is 1. The molecule has 3 aromatic carbocycles. The summed E-state index contributed by atoms with van der Waals surface area (Å²) in [6.45, 7) is 1.50. The SMILES string of the molecule is Cc1ccc(N2C(=O)[C@@H]3[C@H](c4ccccc4O)c4sc(=O)n(CC(=O)Nc5ccc(S(N)(=O)=O)cc5)c4S[C@@H]3C2=O)cc1. The number of aromatic nitrogens is 1. The number of amides is 3. The number of nitrogens with one attached hydrogen (secondary N) is 1. The van der Waals surface area contributed by atoms with Gasteiger partial charge in [-0.25, -0.2) is 18.5 Å². The number of carbonyl (C=O) groups excluding carboxylic acids is 3. The smallest absolute Gasteiger partial charge is 0.308 e. The second-order valence-electron chi connectivity index (χ2n) is 10.2. The van der Waals surface area contributed by atoms with Gasteiger partial charge in [0.05, 0.1) is 21.5 Å². The summed E-state index contributed by atoms with van der Waals surface area (Å²) in [5.74, 6) is -3.22. The summed E-state index contributed by atoms with van der Waals surface area (Å²) in [7, 11) is -3.91. The van der Waals surface area contributed by atoms with Crippen molar-refractivity contribution in [2.75, 3.05) is 10.2 Å². The summed E-state index contributed by atoms with van der Waals surface area (Å²) in [5.41, 5.74) is 2.09. The van der Waals surface area contributed by atoms with E-state index in [1.807, 2.05) is 6.92 Å². The second-order valence-corrected chi connectivity index (χ2v) is 13.9. The Labute approximate surface area is 254 Å². The number of hydrogen-bond donors (Lipinski definition) is 3. The van der Waals surface area contributed by atoms with Crippen LogP contribution in [0.4, 0.5) is 11.4 Å². The van der Waals surface area contributed by atoms with Crippen molar-refractivity contribution in [2.45, 2.75) is 34.6 Å². The fraction of sp³-hybridized carbons (Fsp3) is 0.172. The number of thioether (sulfide) groups is 1. The van der Waals surface area contributed by atoms with E-state index in [0.717, 1.165) is 33.6 Å². The summed E-state index contributed by atoms with van der Waals surface area (Å²) in [5, 5.41) is 18.1. The van der Waals surface area contributed by atoms with E-state index in [1.165, 1.54) is 34.9 Å². The normalized spacial score (nSPS) is 19.7. The van der Waals surface area contributed by atoms with Gasteiger partial charge in [-0.05, 0) is 49.4 Å². The van der Waals surface area contributed by atoms with Gasteiger partial charge >= 0.3 is 4.87 Å². The maximum absolute atomic E-state index is 13.9. The zero-order valence-electron chi connectivity index (χ0n) is 22.5. The predicted molar refractivity (Wildman–Crippen MR) is 162 cm³/mol. The molecular formula is C29H24N4O7S3. The molecule has 3 atom stereocenters. The topological polar surface area (TPSA) is 169 Å². The van der Waals surface area contributed by atoms with Crippen molar-refractivity contribution >= 4 is 62.2 Å². The number of carbonyl (C=O) groups is 3. The Hall–Kier alpha value is -4.24. The molecule has 220 valence electrons. The highest BCUT2D eigenvalue weighted by Gasteiger charge is 2.57. The van der Waals surface area contributed by atoms with E-state index in [9.17, 15) is 32.7 Å². The number of anilines is 2. The fourth-order valence-electron chi connectivity index (χ4n) is 5.36. The van der Waals surface area contributed by atoms with E-state index >= 15 is 0 Å². The Bertz CT molecular complexity index is 1950. The predicted octanol–water partition coefficient (Wildman–Crippen LogP) is 3.01. The molecule has 6 rings (SSSR count). The molecule has 0 aliphatic carbocycles. The number of phenolic OH excluding ortho intramolecular Hbond substituents is 1. The molecule has 2 aliphatic rings. The molecule has 11 nitrogen and oxygen atoms in total. The molecular weight excluding hydrogens is 613 g/mol. The maximum Gasteiger partial charge on any atom is 0.308 e. The molecule has 43 heavy (non-hydrogen) atoms. The monoisotopic (exact) mass is 636 g/mol. The van der Waals surface area contributed by atoms with Gasteiger partial charge in [-0.2, -0.15) is 0 Å². The lowest BCUT2D eigenvalue weighted by molar-refractivity contribution is -0.122. The number of fused-ring (bicyclic) bond motifs is 2. The van der Waals surface area contributed by atoms with Gasteiger partial charge in [0.2, 0.25) is 27.7 Å². The van der Waals surface area contributed by atoms with Crippen molar-refractivity contribution in [3.05, 3.63) is 98.5 Å². The second kappa shape index (κ2) is 10.8. The standard InChI is InChI=1S/C29H24N4O7S3/c1-15-6-10-17(11-7-15)33-26(36)23-22(19-4-2-3-5-20(19)34)25-28(41-24(23)27(33)37)32(29(38)42-25)14-21(35)31-16-8-12-18(13-9-16)43(30,39)40/h2-13,22-24,34H,14H2,1H3,(H,31,35)(H2,30,39,40)/t22-,23+,24-/m0/s1. The Balaban J connectivity index is 1.37. The summed E-state index contributed by atoms with van der Waals surface area (Å²) < 4.78 is 24.3. The van der Waals surface area contributed by atoms with Crippen LogP contribution in [0.5, 0.6) is 5.75 Å². The number of imide groups is 1. The number of nitrogens with two attached hydrogens (primary N) is 1. The van der Waals surface area contributed by atoms with Gasteiger partial charge < -0.3 is 10.4 Å². The van der Waals surface area contributed by atoms with Gasteiger partial charge in [0.25, 0.3) is 0 Å². The first-order chi connectivity index (χ1) is 20.4. The zero-order chi connectivity index (χ0) is 30.6. The van der Waals surface area contributed by atoms with Gasteiger partial charge in [0, 0.05) is 22.0 Å². The first kappa shape index (κ1) is 28.9. The molecule has 0 bridgehead atoms. The number of hydrogen-bond acceptors (Lipinski definition) is 9. The molecule has 0 radical (unpaired) electrons. The highest BCUT2D eigenvalue weighted by molar-refractivity contribution is 8.00. The summed E-state index contributed by atoms with van der Waals surface area (Å²) in [6, 6.07) is 18.8. The van der Waals surface area contributed by atoms with Crippen molar-refractivity contribution in [1.82, 2.24) is 4.57 Å². The number of phenols is 1. The molecule has 1 fully saturated rings. The zero-order valence-corrected chi connectivity index (χ0v) is 24.9. The van der Waals surface area contributed by atoms with Crippen LogP contribution in [-0.2, 0) is 31.0 Å². The molecule has 4 aromatic rings. The van der Waals surface area contributed by atoms with Crippen molar-refractivity contribution in [1.29, 1.82) is 0 Å². The summed E-state index contributed by atoms with van der Waals surface area (Å²) in [6.07, 6.45) is 0. The number of rotatable bonds is 6. The first-order valence-corrected chi connectivity index (χ1v) is 16.2. The van der Waals surface area contributed by atoms with E-state index in [1.54, 1.807) is 42.5 Å². The number of sulfonamides is 1. The van der Waals surface area contributed by atoms with E-state index in [0.29, 0.717) is 26.8 Å². The van der Waals surface area contributed by atoms with Gasteiger partial charge in [-0.15, -0.1) is 0 Å². The summed E-state index contributed by atoms with van der Waals surface area (Å²) >= 11 is 1.93. The Kier molecular flexibility index (Phi) is 7.24. The number of aromatic hydroxyl groups is 1. The lowest BCUT2D eigenvalue weighted by Crippen LogP contribution is -2.33. The minimum atomic E-state index is -3.91. The van der Waals surface area contributed by atoms with Gasteiger partial charge in [-0.1, -0.05) is 59.0 Å². The number of benzene rings is 3. The Morgan fingerprint density at radius 2 is 1.65 bits per heavy atom. The van der Waals surface area contributed by atoms with Crippen LogP contribution in [0, 0.1) is 12.8 Å². The van der Waals surface area contributed by atoms with Gasteiger partial charge in [-0.3, -0.25) is 23.7 Å². The average molecular weight is 637 g/mol. The maximum atomic E-state index is 13.9. The number of primary sulfonamides is 1. The molecule has 3 amide bonds. The van der Waals surface area contributed by atoms with Gasteiger partial charge in [0.1, 0.15) is 17.5 Å². The van der Waals surface area contributed by atoms with Crippen molar-refractivity contribution in [3.63, 3.8) is 0 Å². The lowest BCUT2D eigenvalue weighted by atomic mass is 9.82. The molecule has 0 spiro atoms. The molecule has 3 heterocycles. The van der Waals surface area contributed by atoms with Crippen LogP contribution < -0.4 is 20.2 Å². The van der Waals surface area contributed by atoms with E-state index in [4.69, 9.17) is 5.14 Å². The van der Waals surface area contributed by atoms with Crippen molar-refractivity contribution in [2.24, 2.45) is 11.1 Å². The van der Waals surface area contributed by atoms with Crippen LogP contribution in [0.25, 0.3) is 0 Å². The highest BCUT2D eigenvalue weighted by atomic mass is 32.2. The molecule has 4 N–H and O–H groups in total. The molecule has 1 aromatic heterocycles. The summed E-state index contributed by atoms with van der Waals surface area (Å²) in [4.78, 5) is 55.1. The van der Waals surface area contributed by atoms with E-state index in [-0.39, 0.29) is 10.6 Å². The molecule has 14 heteroatoms. The number of thiazole rings is 1. The van der Waals surface area contributed by atoms with Crippen LogP contribution in [0.15, 0.2) is 87.5 Å². The third-order valence-electron chi connectivity index (χ3n) is 7.38. The van der Waals surface area contributed by atoms with Crippen LogP contribution >= 0.6 is 23.1 Å². The van der Waals surface area contributed by atoms with Crippen LogP contribution in [0.2, 0.25) is 0 Å². The largest absolute Gasteiger partial charge is 0.508 e. The number of aryl methyl sites for hydroxylation is 1.